The molecule has 0 aliphatic heterocycles. The van der Waals surface area contributed by atoms with Gasteiger partial charge in [0.1, 0.15) is 17.7 Å². The number of nitrogens with zero attached hydrogens (tertiary/aromatic N) is 7. The predicted molar refractivity (Wildman–Crippen MR) is 135 cm³/mol. The zero-order valence-electron chi connectivity index (χ0n) is 20.5. The SMILES string of the molecule is CN(C)c1ncc(NC[C@@](C)(O)[C@H](F)[C@H](NC(=O)c2cccnc2)c2ccc3cc(C#N)cnn23)cn1. The maximum absolute atomic E-state index is 16.2. The summed E-state index contributed by atoms with van der Waals surface area (Å²) in [6.45, 7) is 1.13. The Morgan fingerprint density at radius 1 is 1.24 bits per heavy atom. The topological polar surface area (TPSA) is 144 Å². The molecule has 0 unspecified atom stereocenters. The minimum atomic E-state index is -1.97. The molecule has 0 spiro atoms. The van der Waals surface area contributed by atoms with Gasteiger partial charge in [-0.2, -0.15) is 10.4 Å². The van der Waals surface area contributed by atoms with Crippen LogP contribution in [-0.4, -0.2) is 68.0 Å². The van der Waals surface area contributed by atoms with Crippen LogP contribution in [0.5, 0.6) is 0 Å². The van der Waals surface area contributed by atoms with E-state index in [1.807, 2.05) is 20.2 Å². The molecule has 0 bridgehead atoms. The monoisotopic (exact) mass is 503 g/mol. The molecule has 0 radical (unpaired) electrons. The van der Waals surface area contributed by atoms with Crippen LogP contribution in [0.2, 0.25) is 0 Å². The maximum Gasteiger partial charge on any atom is 0.253 e. The number of hydrogen-bond acceptors (Lipinski definition) is 9. The molecule has 190 valence electrons. The van der Waals surface area contributed by atoms with Gasteiger partial charge in [-0.25, -0.2) is 18.9 Å². The molecule has 0 aromatic carbocycles. The minimum absolute atomic E-state index is 0.201. The van der Waals surface area contributed by atoms with E-state index in [1.165, 1.54) is 42.4 Å². The van der Waals surface area contributed by atoms with E-state index in [4.69, 9.17) is 0 Å². The summed E-state index contributed by atoms with van der Waals surface area (Å²) in [7, 11) is 3.62. The lowest BCUT2D eigenvalue weighted by atomic mass is 9.92. The minimum Gasteiger partial charge on any atom is -0.385 e. The number of rotatable bonds is 9. The van der Waals surface area contributed by atoms with Crippen LogP contribution in [0.3, 0.4) is 0 Å². The van der Waals surface area contributed by atoms with E-state index < -0.39 is 23.7 Å². The molecule has 0 aliphatic rings. The average molecular weight is 504 g/mol. The van der Waals surface area contributed by atoms with Gasteiger partial charge in [0.05, 0.1) is 46.6 Å². The third-order valence-corrected chi connectivity index (χ3v) is 5.76. The second kappa shape index (κ2) is 10.5. The molecule has 11 nitrogen and oxygen atoms in total. The first-order valence-corrected chi connectivity index (χ1v) is 11.4. The predicted octanol–water partition coefficient (Wildman–Crippen LogP) is 2.13. The Morgan fingerprint density at radius 3 is 2.65 bits per heavy atom. The Kier molecular flexibility index (Phi) is 7.26. The molecule has 0 saturated heterocycles. The molecule has 0 saturated carbocycles. The number of anilines is 2. The maximum atomic E-state index is 16.2. The van der Waals surface area contributed by atoms with Crippen LogP contribution in [0.15, 0.2) is 61.3 Å². The van der Waals surface area contributed by atoms with Crippen LogP contribution >= 0.6 is 0 Å². The van der Waals surface area contributed by atoms with Crippen molar-refractivity contribution in [3.63, 3.8) is 0 Å². The highest BCUT2D eigenvalue weighted by Gasteiger charge is 2.41. The number of nitriles is 1. The van der Waals surface area contributed by atoms with Crippen molar-refractivity contribution >= 4 is 23.1 Å². The van der Waals surface area contributed by atoms with Gasteiger partial charge in [0.2, 0.25) is 5.95 Å². The Labute approximate surface area is 212 Å². The number of fused-ring (bicyclic) bond motifs is 1. The summed E-state index contributed by atoms with van der Waals surface area (Å²) in [5, 5.41) is 30.2. The largest absolute Gasteiger partial charge is 0.385 e. The lowest BCUT2D eigenvalue weighted by Crippen LogP contribution is -2.50. The molecule has 4 heterocycles. The van der Waals surface area contributed by atoms with Crippen LogP contribution in [0.1, 0.15) is 34.6 Å². The third kappa shape index (κ3) is 5.62. The first-order valence-electron chi connectivity index (χ1n) is 11.4. The van der Waals surface area contributed by atoms with E-state index in [9.17, 15) is 15.2 Å². The van der Waals surface area contributed by atoms with E-state index in [-0.39, 0.29) is 12.1 Å². The normalized spacial score (nSPS) is 14.3. The highest BCUT2D eigenvalue weighted by Crippen LogP contribution is 2.30. The van der Waals surface area contributed by atoms with Gasteiger partial charge in [0.25, 0.3) is 5.91 Å². The van der Waals surface area contributed by atoms with Crippen LogP contribution < -0.4 is 15.5 Å². The summed E-state index contributed by atoms with van der Waals surface area (Å²) in [6.07, 6.45) is 5.33. The fourth-order valence-corrected chi connectivity index (χ4v) is 3.72. The number of nitrogens with one attached hydrogen (secondary N) is 2. The number of alkyl halides is 1. The number of pyridine rings is 1. The quantitative estimate of drug-likeness (QED) is 0.313. The molecular formula is C25H26FN9O2. The van der Waals surface area contributed by atoms with E-state index >= 15 is 4.39 Å². The van der Waals surface area contributed by atoms with Gasteiger partial charge in [-0.05, 0) is 37.3 Å². The molecule has 12 heteroatoms. The van der Waals surface area contributed by atoms with Crippen molar-refractivity contribution in [1.82, 2.24) is 29.9 Å². The van der Waals surface area contributed by atoms with Gasteiger partial charge in [-0.1, -0.05) is 0 Å². The Morgan fingerprint density at radius 2 is 2.00 bits per heavy atom. The fourth-order valence-electron chi connectivity index (χ4n) is 3.72. The van der Waals surface area contributed by atoms with Gasteiger partial charge < -0.3 is 20.6 Å². The third-order valence-electron chi connectivity index (χ3n) is 5.76. The molecule has 0 aliphatic carbocycles. The van der Waals surface area contributed by atoms with Gasteiger partial charge >= 0.3 is 0 Å². The zero-order valence-corrected chi connectivity index (χ0v) is 20.5. The van der Waals surface area contributed by atoms with Crippen molar-refractivity contribution in [2.75, 3.05) is 30.9 Å². The number of aliphatic hydroxyl groups is 1. The number of hydrogen-bond donors (Lipinski definition) is 3. The van der Waals surface area contributed by atoms with Crippen LogP contribution in [0, 0.1) is 11.3 Å². The lowest BCUT2D eigenvalue weighted by molar-refractivity contribution is -0.0253. The number of halogens is 1. The smallest absolute Gasteiger partial charge is 0.253 e. The first kappa shape index (κ1) is 25.5. The van der Waals surface area contributed by atoms with Crippen molar-refractivity contribution in [2.24, 2.45) is 0 Å². The second-order valence-corrected chi connectivity index (χ2v) is 8.92. The highest BCUT2D eigenvalue weighted by molar-refractivity contribution is 5.94. The second-order valence-electron chi connectivity index (χ2n) is 8.92. The van der Waals surface area contributed by atoms with Crippen LogP contribution in [0.4, 0.5) is 16.0 Å². The summed E-state index contributed by atoms with van der Waals surface area (Å²) >= 11 is 0. The number of carbonyl (C=O) groups is 1. The molecule has 1 amide bonds. The first-order chi connectivity index (χ1) is 17.7. The highest BCUT2D eigenvalue weighted by atomic mass is 19.1. The van der Waals surface area contributed by atoms with Crippen LogP contribution in [-0.2, 0) is 0 Å². The van der Waals surface area contributed by atoms with E-state index in [1.54, 1.807) is 35.2 Å². The van der Waals surface area contributed by atoms with Crippen molar-refractivity contribution < 1.29 is 14.3 Å². The molecule has 3 N–H and O–H groups in total. The summed E-state index contributed by atoms with van der Waals surface area (Å²) in [4.78, 5) is 27.1. The van der Waals surface area contributed by atoms with Gasteiger partial charge in [-0.15, -0.1) is 0 Å². The molecule has 37 heavy (non-hydrogen) atoms. The van der Waals surface area contributed by atoms with Crippen molar-refractivity contribution in [2.45, 2.75) is 24.7 Å². The Bertz CT molecular complexity index is 1420. The summed E-state index contributed by atoms with van der Waals surface area (Å²) in [5.41, 5.74) is -0.0438. The van der Waals surface area contributed by atoms with E-state index in [0.717, 1.165) is 0 Å². The molecular weight excluding hydrogens is 477 g/mol. The Hall–Kier alpha value is -4.63. The van der Waals surface area contributed by atoms with Gasteiger partial charge in [0.15, 0.2) is 6.17 Å². The number of carbonyl (C=O) groups excluding carboxylic acids is 1. The van der Waals surface area contributed by atoms with Crippen molar-refractivity contribution in [3.8, 4) is 6.07 Å². The molecule has 4 aromatic rings. The average Bonchev–Trinajstić information content (AvgIpc) is 3.33. The lowest BCUT2D eigenvalue weighted by Gasteiger charge is -2.33. The summed E-state index contributed by atoms with van der Waals surface area (Å²) in [6, 6.07) is 8.73. The van der Waals surface area contributed by atoms with Crippen molar-refractivity contribution in [1.29, 1.82) is 5.26 Å². The zero-order chi connectivity index (χ0) is 26.6. The van der Waals surface area contributed by atoms with Gasteiger partial charge in [0, 0.05) is 33.0 Å². The van der Waals surface area contributed by atoms with Crippen molar-refractivity contribution in [3.05, 3.63) is 78.1 Å². The Balaban J connectivity index is 1.62. The molecule has 4 rings (SSSR count). The molecule has 0 fully saturated rings. The standard InChI is InChI=1S/C25H26FN9O2/c1-25(37,15-31-18-13-29-24(30-14-18)34(2)3)22(26)21(33-23(36)17-5-4-8-28-12-17)20-7-6-19-9-16(10-27)11-32-35(19)20/h4-9,11-14,21-22,31,37H,15H2,1-3H3,(H,33,36)/t21-,22-,25-/m1/s1. The molecule has 3 atom stereocenters. The fraction of sp³-hybridized carbons (Fsp3) is 0.280. The van der Waals surface area contributed by atoms with E-state index in [0.29, 0.717) is 28.4 Å². The summed E-state index contributed by atoms with van der Waals surface area (Å²) < 4.78 is 17.6. The van der Waals surface area contributed by atoms with Gasteiger partial charge in [-0.3, -0.25) is 9.78 Å². The number of amides is 1. The van der Waals surface area contributed by atoms with Crippen LogP contribution in [0.25, 0.3) is 5.52 Å². The van der Waals surface area contributed by atoms with E-state index in [2.05, 4.69) is 30.7 Å². The molecule has 4 aromatic heterocycles. The summed E-state index contributed by atoms with van der Waals surface area (Å²) in [5.74, 6) is -0.0631. The number of aromatic nitrogens is 5.